The SMILES string of the molecule is CC(C)OCCNC(=O)C1CC2CCCCC2N1.Cl. The number of rotatable bonds is 5. The normalized spacial score (nSPS) is 29.7. The van der Waals surface area contributed by atoms with Gasteiger partial charge in [0.15, 0.2) is 0 Å². The molecule has 0 spiro atoms. The van der Waals surface area contributed by atoms with E-state index in [1.54, 1.807) is 0 Å². The minimum Gasteiger partial charge on any atom is -0.377 e. The van der Waals surface area contributed by atoms with Gasteiger partial charge in [0, 0.05) is 12.6 Å². The molecule has 2 rings (SSSR count). The third-order valence-corrected chi connectivity index (χ3v) is 4.03. The molecular weight excluding hydrogens is 264 g/mol. The number of hydrogen-bond acceptors (Lipinski definition) is 3. The molecule has 3 atom stereocenters. The molecule has 1 saturated heterocycles. The van der Waals surface area contributed by atoms with E-state index in [9.17, 15) is 4.79 Å². The molecule has 2 aliphatic rings. The molecule has 2 N–H and O–H groups in total. The topological polar surface area (TPSA) is 50.4 Å². The maximum Gasteiger partial charge on any atom is 0.237 e. The van der Waals surface area contributed by atoms with Crippen LogP contribution in [0.25, 0.3) is 0 Å². The molecule has 0 radical (unpaired) electrons. The van der Waals surface area contributed by atoms with Crippen LogP contribution in [0.3, 0.4) is 0 Å². The Hall–Kier alpha value is -0.320. The summed E-state index contributed by atoms with van der Waals surface area (Å²) in [6, 6.07) is 0.610. The monoisotopic (exact) mass is 290 g/mol. The number of halogens is 1. The fourth-order valence-electron chi connectivity index (χ4n) is 3.11. The summed E-state index contributed by atoms with van der Waals surface area (Å²) in [6.07, 6.45) is 6.42. The van der Waals surface area contributed by atoms with Gasteiger partial charge in [-0.05, 0) is 39.0 Å². The van der Waals surface area contributed by atoms with Crippen LogP contribution in [0.1, 0.15) is 46.0 Å². The molecule has 1 aliphatic carbocycles. The van der Waals surface area contributed by atoms with Crippen LogP contribution in [0, 0.1) is 5.92 Å². The highest BCUT2D eigenvalue weighted by Crippen LogP contribution is 2.33. The van der Waals surface area contributed by atoms with Crippen LogP contribution in [0.2, 0.25) is 0 Å². The Balaban J connectivity index is 0.00000180. The molecule has 0 aromatic heterocycles. The van der Waals surface area contributed by atoms with Gasteiger partial charge in [0.2, 0.25) is 5.91 Å². The van der Waals surface area contributed by atoms with Crippen molar-refractivity contribution in [3.63, 3.8) is 0 Å². The van der Waals surface area contributed by atoms with Gasteiger partial charge in [-0.3, -0.25) is 4.79 Å². The van der Waals surface area contributed by atoms with E-state index >= 15 is 0 Å². The first kappa shape index (κ1) is 16.7. The Labute approximate surface area is 122 Å². The Kier molecular flexibility index (Phi) is 7.11. The van der Waals surface area contributed by atoms with Gasteiger partial charge in [-0.1, -0.05) is 12.8 Å². The summed E-state index contributed by atoms with van der Waals surface area (Å²) in [5.41, 5.74) is 0. The average Bonchev–Trinajstić information content (AvgIpc) is 2.78. The van der Waals surface area contributed by atoms with Crippen molar-refractivity contribution in [3.05, 3.63) is 0 Å². The van der Waals surface area contributed by atoms with Crippen LogP contribution in [-0.2, 0) is 9.53 Å². The maximum absolute atomic E-state index is 12.0. The van der Waals surface area contributed by atoms with E-state index in [0.717, 1.165) is 12.3 Å². The van der Waals surface area contributed by atoms with Crippen LogP contribution in [-0.4, -0.2) is 37.2 Å². The van der Waals surface area contributed by atoms with Crippen molar-refractivity contribution in [1.82, 2.24) is 10.6 Å². The highest BCUT2D eigenvalue weighted by atomic mass is 35.5. The number of hydrogen-bond donors (Lipinski definition) is 2. The van der Waals surface area contributed by atoms with Crippen molar-refractivity contribution < 1.29 is 9.53 Å². The molecule has 2 fully saturated rings. The Bertz CT molecular complexity index is 273. The third kappa shape index (κ3) is 4.93. The van der Waals surface area contributed by atoms with Crippen LogP contribution in [0.4, 0.5) is 0 Å². The fourth-order valence-corrected chi connectivity index (χ4v) is 3.11. The minimum absolute atomic E-state index is 0. The fraction of sp³-hybridized carbons (Fsp3) is 0.929. The molecule has 1 amide bonds. The van der Waals surface area contributed by atoms with E-state index in [1.807, 2.05) is 13.8 Å². The zero-order valence-corrected chi connectivity index (χ0v) is 12.8. The molecule has 0 bridgehead atoms. The van der Waals surface area contributed by atoms with Crippen LogP contribution < -0.4 is 10.6 Å². The zero-order valence-electron chi connectivity index (χ0n) is 12.0. The Morgan fingerprint density at radius 3 is 2.79 bits per heavy atom. The second-order valence-corrected chi connectivity index (χ2v) is 5.82. The van der Waals surface area contributed by atoms with Crippen molar-refractivity contribution in [2.75, 3.05) is 13.2 Å². The van der Waals surface area contributed by atoms with Gasteiger partial charge < -0.3 is 15.4 Å². The number of amides is 1. The van der Waals surface area contributed by atoms with Crippen molar-refractivity contribution in [3.8, 4) is 0 Å². The quantitative estimate of drug-likeness (QED) is 0.760. The summed E-state index contributed by atoms with van der Waals surface area (Å²) in [5, 5.41) is 6.45. The summed E-state index contributed by atoms with van der Waals surface area (Å²) in [4.78, 5) is 12.0. The molecule has 112 valence electrons. The second-order valence-electron chi connectivity index (χ2n) is 5.82. The van der Waals surface area contributed by atoms with Crippen molar-refractivity contribution in [2.24, 2.45) is 5.92 Å². The van der Waals surface area contributed by atoms with E-state index in [1.165, 1.54) is 25.7 Å². The lowest BCUT2D eigenvalue weighted by Crippen LogP contribution is -2.44. The minimum atomic E-state index is 0. The number of nitrogens with one attached hydrogen (secondary N) is 2. The summed E-state index contributed by atoms with van der Waals surface area (Å²) in [5.74, 6) is 0.873. The van der Waals surface area contributed by atoms with E-state index in [2.05, 4.69) is 10.6 Å². The molecule has 1 aliphatic heterocycles. The average molecular weight is 291 g/mol. The van der Waals surface area contributed by atoms with Gasteiger partial charge in [-0.2, -0.15) is 0 Å². The highest BCUT2D eigenvalue weighted by molar-refractivity contribution is 5.85. The predicted molar refractivity (Wildman–Crippen MR) is 78.6 cm³/mol. The van der Waals surface area contributed by atoms with Gasteiger partial charge in [-0.25, -0.2) is 0 Å². The first-order chi connectivity index (χ1) is 8.66. The molecule has 19 heavy (non-hydrogen) atoms. The van der Waals surface area contributed by atoms with Crippen molar-refractivity contribution in [2.45, 2.75) is 64.1 Å². The predicted octanol–water partition coefficient (Wildman–Crippen LogP) is 1.87. The van der Waals surface area contributed by atoms with Gasteiger partial charge >= 0.3 is 0 Å². The number of ether oxygens (including phenoxy) is 1. The molecule has 1 saturated carbocycles. The number of fused-ring (bicyclic) bond motifs is 1. The van der Waals surface area contributed by atoms with E-state index < -0.39 is 0 Å². The molecule has 3 unspecified atom stereocenters. The highest BCUT2D eigenvalue weighted by Gasteiger charge is 2.37. The van der Waals surface area contributed by atoms with Gasteiger partial charge in [0.05, 0.1) is 18.8 Å². The van der Waals surface area contributed by atoms with Crippen LogP contribution >= 0.6 is 12.4 Å². The Morgan fingerprint density at radius 2 is 2.11 bits per heavy atom. The molecule has 1 heterocycles. The zero-order chi connectivity index (χ0) is 13.0. The van der Waals surface area contributed by atoms with Crippen molar-refractivity contribution >= 4 is 18.3 Å². The van der Waals surface area contributed by atoms with E-state index in [0.29, 0.717) is 19.2 Å². The van der Waals surface area contributed by atoms with E-state index in [-0.39, 0.29) is 30.5 Å². The number of carbonyl (C=O) groups excluding carboxylic acids is 1. The lowest BCUT2D eigenvalue weighted by molar-refractivity contribution is -0.123. The van der Waals surface area contributed by atoms with E-state index in [4.69, 9.17) is 4.74 Å². The summed E-state index contributed by atoms with van der Waals surface area (Å²) in [7, 11) is 0. The molecule has 4 nitrogen and oxygen atoms in total. The lowest BCUT2D eigenvalue weighted by atomic mass is 9.85. The number of carbonyl (C=O) groups is 1. The maximum atomic E-state index is 12.0. The standard InChI is InChI=1S/C14H26N2O2.ClH/c1-10(2)18-8-7-15-14(17)13-9-11-5-3-4-6-12(11)16-13;/h10-13,16H,3-9H2,1-2H3,(H,15,17);1H. The molecule has 0 aromatic rings. The first-order valence-electron chi connectivity index (χ1n) is 7.32. The molecule has 0 aromatic carbocycles. The van der Waals surface area contributed by atoms with Crippen LogP contribution in [0.5, 0.6) is 0 Å². The Morgan fingerprint density at radius 1 is 1.37 bits per heavy atom. The largest absolute Gasteiger partial charge is 0.377 e. The molecule has 5 heteroatoms. The summed E-state index contributed by atoms with van der Waals surface area (Å²) >= 11 is 0. The molecular formula is C14H27ClN2O2. The lowest BCUT2D eigenvalue weighted by Gasteiger charge is -2.24. The summed E-state index contributed by atoms with van der Waals surface area (Å²) < 4.78 is 5.41. The van der Waals surface area contributed by atoms with Crippen LogP contribution in [0.15, 0.2) is 0 Å². The smallest absolute Gasteiger partial charge is 0.237 e. The van der Waals surface area contributed by atoms with Gasteiger partial charge in [-0.15, -0.1) is 12.4 Å². The van der Waals surface area contributed by atoms with Gasteiger partial charge in [0.1, 0.15) is 0 Å². The van der Waals surface area contributed by atoms with Gasteiger partial charge in [0.25, 0.3) is 0 Å². The van der Waals surface area contributed by atoms with Crippen molar-refractivity contribution in [1.29, 1.82) is 0 Å². The third-order valence-electron chi connectivity index (χ3n) is 4.03. The summed E-state index contributed by atoms with van der Waals surface area (Å²) in [6.45, 7) is 5.23. The first-order valence-corrected chi connectivity index (χ1v) is 7.32. The second kappa shape index (κ2) is 8.08.